The summed E-state index contributed by atoms with van der Waals surface area (Å²) in [6, 6.07) is 8.60. The second-order valence-corrected chi connectivity index (χ2v) is 6.76. The minimum Gasteiger partial charge on any atom is -0.504 e. The van der Waals surface area contributed by atoms with Gasteiger partial charge in [-0.15, -0.1) is 0 Å². The van der Waals surface area contributed by atoms with Crippen LogP contribution in [0.25, 0.3) is 0 Å². The molecule has 3 rings (SSSR count). The minimum atomic E-state index is -0.344. The summed E-state index contributed by atoms with van der Waals surface area (Å²) in [6.07, 6.45) is 1.01. The van der Waals surface area contributed by atoms with Crippen molar-refractivity contribution in [2.24, 2.45) is 11.8 Å². The van der Waals surface area contributed by atoms with E-state index in [0.29, 0.717) is 25.2 Å². The zero-order valence-corrected chi connectivity index (χ0v) is 16.1. The first-order valence-electron chi connectivity index (χ1n) is 8.93. The van der Waals surface area contributed by atoms with Gasteiger partial charge in [0, 0.05) is 5.92 Å². The fraction of sp³-hybridized carbons (Fsp3) is 0.381. The fourth-order valence-corrected chi connectivity index (χ4v) is 3.54. The Labute approximate surface area is 163 Å². The molecule has 0 aromatic heterocycles. The zero-order chi connectivity index (χ0) is 20.3. The van der Waals surface area contributed by atoms with Gasteiger partial charge in [-0.3, -0.25) is 4.79 Å². The van der Waals surface area contributed by atoms with E-state index < -0.39 is 0 Å². The lowest BCUT2D eigenvalue weighted by Crippen LogP contribution is -2.20. The Morgan fingerprint density at radius 1 is 0.929 bits per heavy atom. The van der Waals surface area contributed by atoms with Gasteiger partial charge in [-0.1, -0.05) is 6.07 Å². The Bertz CT molecular complexity index is 837. The van der Waals surface area contributed by atoms with Crippen LogP contribution in [0.15, 0.2) is 30.3 Å². The monoisotopic (exact) mass is 388 g/mol. The van der Waals surface area contributed by atoms with E-state index in [1.807, 2.05) is 6.07 Å². The third-order valence-electron chi connectivity index (χ3n) is 5.05. The lowest BCUT2D eigenvalue weighted by atomic mass is 9.85. The molecule has 0 spiro atoms. The van der Waals surface area contributed by atoms with Crippen molar-refractivity contribution in [1.29, 1.82) is 0 Å². The number of phenolic OH excluding ortho intramolecular Hbond substituents is 2. The number of carbonyl (C=O) groups excluding carboxylic acids is 1. The highest BCUT2D eigenvalue weighted by atomic mass is 16.5. The Kier molecular flexibility index (Phi) is 5.82. The molecule has 7 heteroatoms. The fourth-order valence-electron chi connectivity index (χ4n) is 3.54. The maximum absolute atomic E-state index is 12.3. The molecule has 1 aliphatic heterocycles. The summed E-state index contributed by atoms with van der Waals surface area (Å²) in [5, 5.41) is 20.1. The summed E-state index contributed by atoms with van der Waals surface area (Å²) >= 11 is 0. The van der Waals surface area contributed by atoms with Crippen molar-refractivity contribution in [2.75, 3.05) is 27.9 Å². The minimum absolute atomic E-state index is 0.0360. The first kappa shape index (κ1) is 19.7. The smallest absolute Gasteiger partial charge is 0.309 e. The van der Waals surface area contributed by atoms with Crippen LogP contribution in [-0.2, 0) is 22.4 Å². The SMILES string of the molecule is COc1ccc(C[C@@H]2COC(=O)[C@H]2Cc2cc(OC)c(O)c(OC)c2)cc1O. The average Bonchev–Trinajstić information content (AvgIpc) is 3.02. The number of carbonyl (C=O) groups is 1. The normalized spacial score (nSPS) is 18.6. The standard InChI is InChI=1S/C21H24O7/c1-25-17-5-4-12(8-16(17)22)6-14-11-28-21(24)15(14)7-13-9-18(26-2)20(23)19(10-13)27-3/h4-5,8-10,14-15,22-23H,6-7,11H2,1-3H3/t14-,15+/m1/s1. The highest BCUT2D eigenvalue weighted by Crippen LogP contribution is 2.39. The van der Waals surface area contributed by atoms with Gasteiger partial charge >= 0.3 is 5.97 Å². The van der Waals surface area contributed by atoms with Gasteiger partial charge < -0.3 is 29.2 Å². The summed E-state index contributed by atoms with van der Waals surface area (Å²) in [7, 11) is 4.41. The van der Waals surface area contributed by atoms with Crippen molar-refractivity contribution < 1.29 is 34.0 Å². The number of benzene rings is 2. The maximum Gasteiger partial charge on any atom is 0.309 e. The molecule has 0 unspecified atom stereocenters. The highest BCUT2D eigenvalue weighted by Gasteiger charge is 2.37. The summed E-state index contributed by atoms with van der Waals surface area (Å²) < 4.78 is 20.7. The van der Waals surface area contributed by atoms with Crippen LogP contribution in [0.4, 0.5) is 0 Å². The van der Waals surface area contributed by atoms with Crippen molar-refractivity contribution in [3.63, 3.8) is 0 Å². The number of phenols is 2. The van der Waals surface area contributed by atoms with E-state index in [1.165, 1.54) is 21.3 Å². The number of hydrogen-bond donors (Lipinski definition) is 2. The molecule has 2 aromatic carbocycles. The summed E-state index contributed by atoms with van der Waals surface area (Å²) in [4.78, 5) is 12.3. The third-order valence-corrected chi connectivity index (χ3v) is 5.05. The van der Waals surface area contributed by atoms with Gasteiger partial charge in [-0.2, -0.15) is 0 Å². The van der Waals surface area contributed by atoms with Crippen LogP contribution in [0.5, 0.6) is 28.7 Å². The molecular formula is C21H24O7. The Hall–Kier alpha value is -3.09. The molecule has 7 nitrogen and oxygen atoms in total. The lowest BCUT2D eigenvalue weighted by molar-refractivity contribution is -0.141. The van der Waals surface area contributed by atoms with E-state index in [9.17, 15) is 15.0 Å². The van der Waals surface area contributed by atoms with Crippen molar-refractivity contribution in [3.05, 3.63) is 41.5 Å². The second-order valence-electron chi connectivity index (χ2n) is 6.76. The number of ether oxygens (including phenoxy) is 4. The number of hydrogen-bond acceptors (Lipinski definition) is 7. The van der Waals surface area contributed by atoms with Gasteiger partial charge in [0.2, 0.25) is 5.75 Å². The topological polar surface area (TPSA) is 94.5 Å². The van der Waals surface area contributed by atoms with Crippen LogP contribution < -0.4 is 14.2 Å². The quantitative estimate of drug-likeness (QED) is 0.704. The van der Waals surface area contributed by atoms with E-state index in [1.54, 1.807) is 24.3 Å². The molecule has 150 valence electrons. The van der Waals surface area contributed by atoms with E-state index in [2.05, 4.69) is 0 Å². The molecule has 2 N–H and O–H groups in total. The molecule has 1 heterocycles. The van der Waals surface area contributed by atoms with E-state index in [0.717, 1.165) is 11.1 Å². The molecule has 0 saturated carbocycles. The van der Waals surface area contributed by atoms with Crippen LogP contribution in [0, 0.1) is 11.8 Å². The number of rotatable bonds is 7. The second kappa shape index (κ2) is 8.29. The third kappa shape index (κ3) is 3.93. The number of cyclic esters (lactones) is 1. The predicted molar refractivity (Wildman–Crippen MR) is 101 cm³/mol. The van der Waals surface area contributed by atoms with Crippen molar-refractivity contribution in [1.82, 2.24) is 0 Å². The molecule has 1 saturated heterocycles. The van der Waals surface area contributed by atoms with Crippen molar-refractivity contribution in [2.45, 2.75) is 12.8 Å². The zero-order valence-electron chi connectivity index (χ0n) is 16.1. The lowest BCUT2D eigenvalue weighted by Gasteiger charge is -2.17. The molecule has 0 amide bonds. The van der Waals surface area contributed by atoms with E-state index in [-0.39, 0.29) is 40.8 Å². The van der Waals surface area contributed by atoms with Gasteiger partial charge in [0.1, 0.15) is 0 Å². The number of esters is 1. The van der Waals surface area contributed by atoms with Gasteiger partial charge in [0.15, 0.2) is 23.0 Å². The molecule has 0 aliphatic carbocycles. The molecule has 0 radical (unpaired) electrons. The van der Waals surface area contributed by atoms with Gasteiger partial charge in [0.25, 0.3) is 0 Å². The maximum atomic E-state index is 12.3. The average molecular weight is 388 g/mol. The van der Waals surface area contributed by atoms with Crippen LogP contribution in [0.1, 0.15) is 11.1 Å². The predicted octanol–water partition coefficient (Wildman–Crippen LogP) is 2.70. The summed E-state index contributed by atoms with van der Waals surface area (Å²) in [6.45, 7) is 0.322. The van der Waals surface area contributed by atoms with Crippen LogP contribution in [0.2, 0.25) is 0 Å². The van der Waals surface area contributed by atoms with Gasteiger partial charge in [-0.25, -0.2) is 0 Å². The van der Waals surface area contributed by atoms with Crippen molar-refractivity contribution >= 4 is 5.97 Å². The molecule has 1 aliphatic rings. The highest BCUT2D eigenvalue weighted by molar-refractivity contribution is 5.75. The summed E-state index contributed by atoms with van der Waals surface area (Å²) in [5.74, 6) is 0.336. The molecule has 28 heavy (non-hydrogen) atoms. The van der Waals surface area contributed by atoms with Gasteiger partial charge in [0.05, 0.1) is 33.9 Å². The Morgan fingerprint density at radius 2 is 1.57 bits per heavy atom. The largest absolute Gasteiger partial charge is 0.504 e. The van der Waals surface area contributed by atoms with Crippen molar-refractivity contribution in [3.8, 4) is 28.7 Å². The van der Waals surface area contributed by atoms with Crippen LogP contribution in [0.3, 0.4) is 0 Å². The van der Waals surface area contributed by atoms with Crippen LogP contribution in [-0.4, -0.2) is 44.1 Å². The molecule has 1 fully saturated rings. The molecule has 2 aromatic rings. The molecule has 0 bridgehead atoms. The van der Waals surface area contributed by atoms with Crippen LogP contribution >= 0.6 is 0 Å². The Balaban J connectivity index is 1.80. The first-order chi connectivity index (χ1) is 13.5. The Morgan fingerprint density at radius 3 is 2.14 bits per heavy atom. The number of aromatic hydroxyl groups is 2. The number of methoxy groups -OCH3 is 3. The van der Waals surface area contributed by atoms with E-state index in [4.69, 9.17) is 18.9 Å². The van der Waals surface area contributed by atoms with E-state index >= 15 is 0 Å². The molecule has 2 atom stereocenters. The first-order valence-corrected chi connectivity index (χ1v) is 8.93. The molecular weight excluding hydrogens is 364 g/mol. The summed E-state index contributed by atoms with van der Waals surface area (Å²) in [5.41, 5.74) is 1.70. The van der Waals surface area contributed by atoms with Gasteiger partial charge in [-0.05, 0) is 48.2 Å².